The molecule has 3 nitrogen and oxygen atoms in total. The Hall–Kier alpha value is -1.06. The summed E-state index contributed by atoms with van der Waals surface area (Å²) >= 11 is 5.90. The minimum atomic E-state index is -0.0798. The fourth-order valence-electron chi connectivity index (χ4n) is 2.29. The van der Waals surface area contributed by atoms with E-state index in [9.17, 15) is 4.79 Å². The van der Waals surface area contributed by atoms with Gasteiger partial charge in [-0.05, 0) is 56.0 Å². The summed E-state index contributed by atoms with van der Waals surface area (Å²) in [5.41, 5.74) is 1.82. The van der Waals surface area contributed by atoms with Gasteiger partial charge in [0.1, 0.15) is 0 Å². The van der Waals surface area contributed by atoms with Gasteiger partial charge in [-0.3, -0.25) is 4.79 Å². The Balaban J connectivity index is 2.02. The molecular weight excluding hydrogens is 248 g/mol. The van der Waals surface area contributed by atoms with Gasteiger partial charge in [-0.2, -0.15) is 0 Å². The summed E-state index contributed by atoms with van der Waals surface area (Å²) in [6.45, 7) is 5.05. The Bertz CT molecular complexity index is 447. The molecule has 1 amide bonds. The molecule has 1 heterocycles. The molecule has 0 aromatic heterocycles. The Morgan fingerprint density at radius 2 is 2.28 bits per heavy atom. The number of anilines is 1. The number of amides is 1. The number of rotatable bonds is 2. The summed E-state index contributed by atoms with van der Waals surface area (Å²) < 4.78 is 0. The lowest BCUT2D eigenvalue weighted by Crippen LogP contribution is -2.45. The second-order valence-electron chi connectivity index (χ2n) is 5.08. The normalized spacial score (nSPS) is 23.7. The highest BCUT2D eigenvalue weighted by Crippen LogP contribution is 2.21. The van der Waals surface area contributed by atoms with E-state index in [1.807, 2.05) is 19.1 Å². The average Bonchev–Trinajstić information content (AvgIpc) is 2.32. The quantitative estimate of drug-likeness (QED) is 0.864. The third-order valence-electron chi connectivity index (χ3n) is 3.43. The molecule has 4 heteroatoms. The molecule has 1 aromatic carbocycles. The molecule has 0 radical (unpaired) electrons. The van der Waals surface area contributed by atoms with Crippen LogP contribution in [0.2, 0.25) is 5.02 Å². The van der Waals surface area contributed by atoms with Gasteiger partial charge in [-0.25, -0.2) is 0 Å². The van der Waals surface area contributed by atoms with Gasteiger partial charge in [0.15, 0.2) is 0 Å². The third-order valence-corrected chi connectivity index (χ3v) is 3.66. The summed E-state index contributed by atoms with van der Waals surface area (Å²) in [5, 5.41) is 6.92. The summed E-state index contributed by atoms with van der Waals surface area (Å²) in [4.78, 5) is 12.1. The van der Waals surface area contributed by atoms with Crippen molar-refractivity contribution in [2.45, 2.75) is 32.7 Å². The molecule has 18 heavy (non-hydrogen) atoms. The topological polar surface area (TPSA) is 41.1 Å². The lowest BCUT2D eigenvalue weighted by molar-refractivity contribution is -0.119. The minimum Gasteiger partial charge on any atom is -0.324 e. The van der Waals surface area contributed by atoms with Gasteiger partial charge in [-0.1, -0.05) is 18.5 Å². The van der Waals surface area contributed by atoms with E-state index in [1.165, 1.54) is 0 Å². The highest BCUT2D eigenvalue weighted by Gasteiger charge is 2.24. The first-order chi connectivity index (χ1) is 8.56. The van der Waals surface area contributed by atoms with E-state index in [0.717, 1.165) is 30.6 Å². The minimum absolute atomic E-state index is 0.0481. The number of benzene rings is 1. The van der Waals surface area contributed by atoms with Crippen LogP contribution in [0, 0.1) is 12.8 Å². The first kappa shape index (κ1) is 13.4. The van der Waals surface area contributed by atoms with Crippen LogP contribution >= 0.6 is 11.6 Å². The Labute approximate surface area is 113 Å². The smallest absolute Gasteiger partial charge is 0.241 e. The molecule has 0 bridgehead atoms. The van der Waals surface area contributed by atoms with Crippen molar-refractivity contribution < 1.29 is 4.79 Å². The van der Waals surface area contributed by atoms with Crippen LogP contribution in [-0.2, 0) is 4.79 Å². The van der Waals surface area contributed by atoms with Gasteiger partial charge < -0.3 is 10.6 Å². The summed E-state index contributed by atoms with van der Waals surface area (Å²) in [7, 11) is 0. The van der Waals surface area contributed by atoms with Crippen LogP contribution in [0.15, 0.2) is 18.2 Å². The van der Waals surface area contributed by atoms with E-state index in [-0.39, 0.29) is 11.9 Å². The highest BCUT2D eigenvalue weighted by molar-refractivity contribution is 6.30. The lowest BCUT2D eigenvalue weighted by atomic mass is 9.94. The average molecular weight is 267 g/mol. The van der Waals surface area contributed by atoms with Crippen molar-refractivity contribution in [1.82, 2.24) is 5.32 Å². The molecule has 0 spiro atoms. The van der Waals surface area contributed by atoms with E-state index in [0.29, 0.717) is 10.9 Å². The fraction of sp³-hybridized carbons (Fsp3) is 0.500. The molecule has 1 aromatic rings. The molecule has 0 saturated carbocycles. The highest BCUT2D eigenvalue weighted by atomic mass is 35.5. The van der Waals surface area contributed by atoms with Gasteiger partial charge in [0.2, 0.25) is 5.91 Å². The molecule has 98 valence electrons. The van der Waals surface area contributed by atoms with Crippen LogP contribution in [0.4, 0.5) is 5.69 Å². The number of nitrogens with one attached hydrogen (secondary N) is 2. The predicted molar refractivity (Wildman–Crippen MR) is 75.0 cm³/mol. The van der Waals surface area contributed by atoms with Crippen LogP contribution in [0.1, 0.15) is 25.3 Å². The van der Waals surface area contributed by atoms with Gasteiger partial charge in [0, 0.05) is 10.7 Å². The maximum atomic E-state index is 12.1. The van der Waals surface area contributed by atoms with E-state index in [1.54, 1.807) is 6.07 Å². The van der Waals surface area contributed by atoms with Crippen molar-refractivity contribution in [3.8, 4) is 0 Å². The summed E-state index contributed by atoms with van der Waals surface area (Å²) in [6.07, 6.45) is 2.04. The molecule has 1 aliphatic rings. The SMILES string of the molecule is Cc1cc(Cl)ccc1NC(=O)C1CC(C)CCN1. The number of hydrogen-bond donors (Lipinski definition) is 2. The zero-order valence-corrected chi connectivity index (χ0v) is 11.6. The van der Waals surface area contributed by atoms with Crippen molar-refractivity contribution in [2.24, 2.45) is 5.92 Å². The van der Waals surface area contributed by atoms with Crippen LogP contribution in [-0.4, -0.2) is 18.5 Å². The monoisotopic (exact) mass is 266 g/mol. The molecule has 1 fully saturated rings. The van der Waals surface area contributed by atoms with Crippen LogP contribution in [0.5, 0.6) is 0 Å². The second kappa shape index (κ2) is 5.72. The van der Waals surface area contributed by atoms with Gasteiger partial charge in [0.05, 0.1) is 6.04 Å². The maximum Gasteiger partial charge on any atom is 0.241 e. The van der Waals surface area contributed by atoms with E-state index >= 15 is 0 Å². The second-order valence-corrected chi connectivity index (χ2v) is 5.52. The largest absolute Gasteiger partial charge is 0.324 e. The van der Waals surface area contributed by atoms with Crippen LogP contribution < -0.4 is 10.6 Å². The summed E-state index contributed by atoms with van der Waals surface area (Å²) in [6, 6.07) is 5.42. The number of piperidine rings is 1. The molecule has 2 N–H and O–H groups in total. The van der Waals surface area contributed by atoms with Crippen molar-refractivity contribution in [3.63, 3.8) is 0 Å². The lowest BCUT2D eigenvalue weighted by Gasteiger charge is -2.27. The Kier molecular flexibility index (Phi) is 4.25. The number of hydrogen-bond acceptors (Lipinski definition) is 2. The van der Waals surface area contributed by atoms with Gasteiger partial charge >= 0.3 is 0 Å². The maximum absolute atomic E-state index is 12.1. The Morgan fingerprint density at radius 1 is 1.50 bits per heavy atom. The molecule has 2 atom stereocenters. The zero-order valence-electron chi connectivity index (χ0n) is 10.8. The van der Waals surface area contributed by atoms with E-state index in [4.69, 9.17) is 11.6 Å². The molecule has 1 aliphatic heterocycles. The molecule has 2 rings (SSSR count). The number of carbonyl (C=O) groups is 1. The Morgan fingerprint density at radius 3 is 2.94 bits per heavy atom. The number of carbonyl (C=O) groups excluding carboxylic acids is 1. The van der Waals surface area contributed by atoms with Crippen LogP contribution in [0.3, 0.4) is 0 Å². The third kappa shape index (κ3) is 3.24. The van der Waals surface area contributed by atoms with E-state index < -0.39 is 0 Å². The summed E-state index contributed by atoms with van der Waals surface area (Å²) in [5.74, 6) is 0.653. The predicted octanol–water partition coefficient (Wildman–Crippen LogP) is 2.98. The zero-order chi connectivity index (χ0) is 13.1. The van der Waals surface area contributed by atoms with Crippen molar-refractivity contribution in [3.05, 3.63) is 28.8 Å². The van der Waals surface area contributed by atoms with Crippen LogP contribution in [0.25, 0.3) is 0 Å². The molecule has 0 aliphatic carbocycles. The van der Waals surface area contributed by atoms with Gasteiger partial charge in [-0.15, -0.1) is 0 Å². The molecule has 1 saturated heterocycles. The first-order valence-electron chi connectivity index (χ1n) is 6.36. The molecule has 2 unspecified atom stereocenters. The van der Waals surface area contributed by atoms with E-state index in [2.05, 4.69) is 17.6 Å². The van der Waals surface area contributed by atoms with Crippen molar-refractivity contribution in [2.75, 3.05) is 11.9 Å². The number of aryl methyl sites for hydroxylation is 1. The van der Waals surface area contributed by atoms with Gasteiger partial charge in [0.25, 0.3) is 0 Å². The van der Waals surface area contributed by atoms with Crippen molar-refractivity contribution >= 4 is 23.2 Å². The molecular formula is C14H19ClN2O. The first-order valence-corrected chi connectivity index (χ1v) is 6.74. The number of halogens is 1. The fourth-order valence-corrected chi connectivity index (χ4v) is 2.52. The van der Waals surface area contributed by atoms with Crippen molar-refractivity contribution in [1.29, 1.82) is 0 Å². The standard InChI is InChI=1S/C14H19ClN2O/c1-9-5-6-16-13(7-9)14(18)17-12-4-3-11(15)8-10(12)2/h3-4,8-9,13,16H,5-7H2,1-2H3,(H,17,18).